The molecule has 2 saturated heterocycles. The van der Waals surface area contributed by atoms with Crippen LogP contribution >= 0.6 is 0 Å². The van der Waals surface area contributed by atoms with Gasteiger partial charge in [-0.1, -0.05) is 19.9 Å². The lowest BCUT2D eigenvalue weighted by Gasteiger charge is -2.34. The minimum atomic E-state index is -0.623. The summed E-state index contributed by atoms with van der Waals surface area (Å²) in [4.78, 5) is 28.9. The van der Waals surface area contributed by atoms with Gasteiger partial charge in [-0.25, -0.2) is 0 Å². The van der Waals surface area contributed by atoms with Crippen LogP contribution in [-0.2, 0) is 23.1 Å². The third-order valence-electron chi connectivity index (χ3n) is 8.00. The van der Waals surface area contributed by atoms with E-state index in [1.807, 2.05) is 31.3 Å². The predicted molar refractivity (Wildman–Crippen MR) is 141 cm³/mol. The van der Waals surface area contributed by atoms with Crippen LogP contribution in [0.4, 0.5) is 0 Å². The third-order valence-corrected chi connectivity index (χ3v) is 8.00. The molecule has 4 heterocycles. The van der Waals surface area contributed by atoms with Crippen molar-refractivity contribution in [2.24, 2.45) is 7.05 Å². The number of carbonyl (C=O) groups is 2. The molecule has 3 N–H and O–H groups in total. The van der Waals surface area contributed by atoms with Crippen LogP contribution in [-0.4, -0.2) is 81.7 Å². The average Bonchev–Trinajstić information content (AvgIpc) is 3.48. The van der Waals surface area contributed by atoms with Crippen molar-refractivity contribution in [3.63, 3.8) is 0 Å². The Hall–Kier alpha value is -2.95. The minimum absolute atomic E-state index is 0.0871. The molecule has 5 rings (SSSR count). The number of amides is 2. The van der Waals surface area contributed by atoms with Gasteiger partial charge in [0, 0.05) is 45.3 Å². The van der Waals surface area contributed by atoms with Crippen LogP contribution in [0, 0.1) is 0 Å². The van der Waals surface area contributed by atoms with Gasteiger partial charge < -0.3 is 25.2 Å². The second kappa shape index (κ2) is 11.4. The summed E-state index contributed by atoms with van der Waals surface area (Å²) in [5.74, 6) is 0.531. The number of aliphatic hydroxyl groups is 1. The second-order valence-electron chi connectivity index (χ2n) is 11.0. The van der Waals surface area contributed by atoms with Gasteiger partial charge in [-0.15, -0.1) is 0 Å². The minimum Gasteiger partial charge on any atom is -0.493 e. The first-order valence-electron chi connectivity index (χ1n) is 13.7. The number of nitrogens with one attached hydrogen (secondary N) is 2. The van der Waals surface area contributed by atoms with E-state index in [1.165, 1.54) is 0 Å². The number of hydrogen-bond acceptors (Lipinski definition) is 7. The molecule has 3 aliphatic rings. The van der Waals surface area contributed by atoms with Crippen LogP contribution < -0.4 is 15.4 Å². The Balaban J connectivity index is 1.43. The summed E-state index contributed by atoms with van der Waals surface area (Å²) in [6, 6.07) is 7.05. The number of likely N-dealkylation sites (tertiary alicyclic amines) is 1. The summed E-state index contributed by atoms with van der Waals surface area (Å²) in [6.07, 6.45) is 3.00. The molecule has 3 aliphatic heterocycles. The van der Waals surface area contributed by atoms with Crippen molar-refractivity contribution >= 4 is 11.8 Å². The highest BCUT2D eigenvalue weighted by Crippen LogP contribution is 2.28. The van der Waals surface area contributed by atoms with Gasteiger partial charge >= 0.3 is 0 Å². The Morgan fingerprint density at radius 3 is 2.79 bits per heavy atom. The van der Waals surface area contributed by atoms with Crippen LogP contribution in [0.2, 0.25) is 0 Å². The van der Waals surface area contributed by atoms with Crippen molar-refractivity contribution < 1.29 is 24.2 Å². The highest BCUT2D eigenvalue weighted by Gasteiger charge is 2.39. The first-order valence-corrected chi connectivity index (χ1v) is 13.7. The fraction of sp³-hybridized carbons (Fsp3) is 0.607. The summed E-state index contributed by atoms with van der Waals surface area (Å²) in [7, 11) is 1.88. The second-order valence-corrected chi connectivity index (χ2v) is 11.0. The van der Waals surface area contributed by atoms with E-state index in [-0.39, 0.29) is 30.5 Å². The number of nitrogens with zero attached hydrogens (tertiary/aromatic N) is 3. The normalized spacial score (nSPS) is 28.9. The molecule has 206 valence electrons. The maximum atomic E-state index is 13.5. The lowest BCUT2D eigenvalue weighted by molar-refractivity contribution is -0.133. The molecule has 5 atom stereocenters. The largest absolute Gasteiger partial charge is 0.493 e. The third kappa shape index (κ3) is 5.87. The summed E-state index contributed by atoms with van der Waals surface area (Å²) in [5, 5.41) is 21.0. The Morgan fingerprint density at radius 1 is 1.18 bits per heavy atom. The zero-order chi connectivity index (χ0) is 26.8. The van der Waals surface area contributed by atoms with E-state index in [9.17, 15) is 14.7 Å². The number of benzene rings is 1. The Morgan fingerprint density at radius 2 is 2.03 bits per heavy atom. The van der Waals surface area contributed by atoms with E-state index in [4.69, 9.17) is 9.47 Å². The van der Waals surface area contributed by atoms with E-state index in [0.29, 0.717) is 56.2 Å². The fourth-order valence-corrected chi connectivity index (χ4v) is 5.65. The van der Waals surface area contributed by atoms with Gasteiger partial charge in [0.15, 0.2) is 0 Å². The van der Waals surface area contributed by atoms with E-state index >= 15 is 0 Å². The molecular formula is C28H39N5O5. The van der Waals surface area contributed by atoms with Crippen molar-refractivity contribution in [3.05, 3.63) is 47.3 Å². The first kappa shape index (κ1) is 26.6. The van der Waals surface area contributed by atoms with Crippen LogP contribution in [0.3, 0.4) is 0 Å². The zero-order valence-corrected chi connectivity index (χ0v) is 22.4. The fourth-order valence-electron chi connectivity index (χ4n) is 5.65. The van der Waals surface area contributed by atoms with Gasteiger partial charge in [-0.2, -0.15) is 5.10 Å². The molecule has 0 saturated carbocycles. The van der Waals surface area contributed by atoms with Crippen molar-refractivity contribution in [2.45, 2.75) is 82.4 Å². The van der Waals surface area contributed by atoms with Gasteiger partial charge in [-0.3, -0.25) is 19.2 Å². The van der Waals surface area contributed by atoms with E-state index < -0.39 is 18.2 Å². The Labute approximate surface area is 223 Å². The molecule has 2 amide bonds. The monoisotopic (exact) mass is 525 g/mol. The molecule has 0 aliphatic carbocycles. The van der Waals surface area contributed by atoms with Gasteiger partial charge in [0.1, 0.15) is 11.9 Å². The van der Waals surface area contributed by atoms with Crippen LogP contribution in [0.15, 0.2) is 30.5 Å². The molecule has 1 aromatic heterocycles. The molecule has 10 nitrogen and oxygen atoms in total. The van der Waals surface area contributed by atoms with Gasteiger partial charge in [0.25, 0.3) is 5.91 Å². The molecule has 38 heavy (non-hydrogen) atoms. The zero-order valence-electron chi connectivity index (χ0n) is 22.4. The molecule has 0 unspecified atom stereocenters. The van der Waals surface area contributed by atoms with E-state index in [1.54, 1.807) is 10.9 Å². The first-order chi connectivity index (χ1) is 18.3. The number of aromatic nitrogens is 2. The lowest BCUT2D eigenvalue weighted by atomic mass is 9.99. The van der Waals surface area contributed by atoms with Crippen molar-refractivity contribution in [3.8, 4) is 5.75 Å². The quantitative estimate of drug-likeness (QED) is 0.559. The molecule has 0 spiro atoms. The Kier molecular flexibility index (Phi) is 8.01. The number of aryl methyl sites for hydroxylation is 1. The molecule has 0 radical (unpaired) electrons. The number of rotatable bonds is 3. The smallest absolute Gasteiger partial charge is 0.255 e. The number of fused-ring (bicyclic) bond motifs is 5. The SMILES string of the molecule is CC(C)c1ccc2c(c1)OCC[C@@H]1CC[C@H](O)[C@@H](CNC(=O)[C@@H]3C[C@@H](CN3Cc3ccnn3C)NC2=O)O1. The summed E-state index contributed by atoms with van der Waals surface area (Å²) < 4.78 is 14.1. The molecule has 1 aromatic carbocycles. The van der Waals surface area contributed by atoms with Gasteiger partial charge in [-0.05, 0) is 48.9 Å². The molecule has 4 bridgehead atoms. The number of hydrogen-bond donors (Lipinski definition) is 3. The summed E-state index contributed by atoms with van der Waals surface area (Å²) in [5.41, 5.74) is 2.57. The summed E-state index contributed by atoms with van der Waals surface area (Å²) >= 11 is 0. The maximum Gasteiger partial charge on any atom is 0.255 e. The van der Waals surface area contributed by atoms with Crippen LogP contribution in [0.1, 0.15) is 67.1 Å². The molecule has 2 fully saturated rings. The topological polar surface area (TPSA) is 118 Å². The number of aliphatic hydroxyl groups excluding tert-OH is 1. The average molecular weight is 526 g/mol. The predicted octanol–water partition coefficient (Wildman–Crippen LogP) is 1.72. The van der Waals surface area contributed by atoms with Gasteiger partial charge in [0.05, 0.1) is 36.1 Å². The molecule has 2 aromatic rings. The highest BCUT2D eigenvalue weighted by atomic mass is 16.5. The Bertz CT molecular complexity index is 1150. The van der Waals surface area contributed by atoms with Crippen LogP contribution in [0.25, 0.3) is 0 Å². The summed E-state index contributed by atoms with van der Waals surface area (Å²) in [6.45, 7) is 5.91. The number of ether oxygens (including phenoxy) is 2. The van der Waals surface area contributed by atoms with Crippen molar-refractivity contribution in [1.29, 1.82) is 0 Å². The van der Waals surface area contributed by atoms with E-state index in [0.717, 1.165) is 17.7 Å². The van der Waals surface area contributed by atoms with Crippen molar-refractivity contribution in [2.75, 3.05) is 19.7 Å². The maximum absolute atomic E-state index is 13.5. The standard InChI is InChI=1S/C28H39N5O5/c1-17(2)18-4-6-22-25(12-18)37-11-9-21-5-7-24(34)26(38-21)14-29-28(36)23-13-19(31-27(22)35)15-33(23)16-20-8-10-30-32(20)3/h4,6,8,10,12,17,19,21,23-24,26,34H,5,7,9,11,13-16H2,1-3H3,(H,29,36)(H,31,35)/t19-,21-,23-,24-,26+/m0/s1. The highest BCUT2D eigenvalue weighted by molar-refractivity contribution is 5.97. The molecular weight excluding hydrogens is 486 g/mol. The molecule has 10 heteroatoms. The van der Waals surface area contributed by atoms with Gasteiger partial charge in [0.2, 0.25) is 5.91 Å². The lowest BCUT2D eigenvalue weighted by Crippen LogP contribution is -2.50. The van der Waals surface area contributed by atoms with Crippen LogP contribution in [0.5, 0.6) is 5.75 Å². The van der Waals surface area contributed by atoms with Crippen molar-refractivity contribution in [1.82, 2.24) is 25.3 Å². The van der Waals surface area contributed by atoms with E-state index in [2.05, 4.69) is 34.5 Å². The number of carbonyl (C=O) groups excluding carboxylic acids is 2.